The van der Waals surface area contributed by atoms with Crippen LogP contribution in [0.25, 0.3) is 0 Å². The molecule has 0 saturated carbocycles. The first-order valence-corrected chi connectivity index (χ1v) is 8.56. The topological polar surface area (TPSA) is 76.8 Å². The molecule has 2 atom stereocenters. The van der Waals surface area contributed by atoms with Crippen LogP contribution in [-0.4, -0.2) is 69.5 Å². The second kappa shape index (κ2) is 13.9. The molecule has 0 aromatic carbocycles. The summed E-state index contributed by atoms with van der Waals surface area (Å²) in [6, 6.07) is 0. The number of rotatable bonds is 9. The molecule has 1 amide bonds. The predicted octanol–water partition coefficient (Wildman–Crippen LogP) is 1.34. The summed E-state index contributed by atoms with van der Waals surface area (Å²) in [5.74, 6) is 0.179. The highest BCUT2D eigenvalue weighted by atomic mass is 16.5. The van der Waals surface area contributed by atoms with E-state index in [1.54, 1.807) is 0 Å². The Morgan fingerprint density at radius 2 is 2.23 bits per heavy atom. The van der Waals surface area contributed by atoms with E-state index in [0.717, 1.165) is 26.1 Å². The van der Waals surface area contributed by atoms with E-state index in [4.69, 9.17) is 15.2 Å². The van der Waals surface area contributed by atoms with Gasteiger partial charge in [0.15, 0.2) is 0 Å². The van der Waals surface area contributed by atoms with Crippen molar-refractivity contribution in [2.45, 2.75) is 40.2 Å². The number of carbonyl (C=O) groups is 1. The van der Waals surface area contributed by atoms with E-state index in [1.807, 2.05) is 27.7 Å². The number of nitrogens with two attached hydrogens (primary N) is 1. The summed E-state index contributed by atoms with van der Waals surface area (Å²) in [5.41, 5.74) is 5.37. The number of hydrogen-bond donors (Lipinski definition) is 2. The van der Waals surface area contributed by atoms with Crippen LogP contribution in [0.5, 0.6) is 0 Å². The van der Waals surface area contributed by atoms with Crippen LogP contribution in [0.4, 0.5) is 0 Å². The molecule has 136 valence electrons. The Balaban J connectivity index is -0.00000106. The van der Waals surface area contributed by atoms with Crippen LogP contribution in [0, 0.1) is 5.92 Å². The van der Waals surface area contributed by atoms with Gasteiger partial charge in [-0.3, -0.25) is 9.69 Å². The number of carbonyl (C=O) groups excluding carboxylic acids is 1. The first-order valence-electron chi connectivity index (χ1n) is 8.56. The summed E-state index contributed by atoms with van der Waals surface area (Å²) in [4.78, 5) is 14.0. The molecule has 0 aromatic rings. The quantitative estimate of drug-likeness (QED) is 0.627. The minimum atomic E-state index is 0. The number of amides is 1. The van der Waals surface area contributed by atoms with E-state index in [2.05, 4.69) is 10.2 Å². The van der Waals surface area contributed by atoms with Gasteiger partial charge in [0, 0.05) is 41.5 Å². The number of morpholine rings is 1. The molecule has 1 aliphatic rings. The zero-order chi connectivity index (χ0) is 16.8. The van der Waals surface area contributed by atoms with Gasteiger partial charge in [0.05, 0.1) is 25.9 Å². The van der Waals surface area contributed by atoms with Gasteiger partial charge in [-0.15, -0.1) is 0 Å². The highest BCUT2D eigenvalue weighted by molar-refractivity contribution is 5.78. The van der Waals surface area contributed by atoms with Gasteiger partial charge >= 0.3 is 0 Å². The largest absolute Gasteiger partial charge is 0.379 e. The molecule has 1 aliphatic heterocycles. The lowest BCUT2D eigenvalue weighted by molar-refractivity contribution is -0.125. The third-order valence-corrected chi connectivity index (χ3v) is 3.60. The van der Waals surface area contributed by atoms with Crippen molar-refractivity contribution in [3.05, 3.63) is 0 Å². The van der Waals surface area contributed by atoms with E-state index >= 15 is 0 Å². The molecule has 0 aliphatic carbocycles. The maximum atomic E-state index is 11.7. The SMILES string of the molecule is CC.CCC(C)C(=O)NCC1CN(CCOCCN)CCO1.[HH].[HH]. The molecule has 22 heavy (non-hydrogen) atoms. The Morgan fingerprint density at radius 3 is 2.86 bits per heavy atom. The normalized spacial score (nSPS) is 20.0. The van der Waals surface area contributed by atoms with Crippen molar-refractivity contribution >= 4 is 5.91 Å². The first kappa shape index (κ1) is 21.3. The fraction of sp³-hybridized carbons (Fsp3) is 0.938. The van der Waals surface area contributed by atoms with Gasteiger partial charge in [0.1, 0.15) is 0 Å². The molecule has 3 N–H and O–H groups in total. The molecule has 2 unspecified atom stereocenters. The van der Waals surface area contributed by atoms with Crippen LogP contribution in [0.2, 0.25) is 0 Å². The van der Waals surface area contributed by atoms with Crippen LogP contribution >= 0.6 is 0 Å². The molecule has 0 spiro atoms. The van der Waals surface area contributed by atoms with Crippen molar-refractivity contribution in [3.8, 4) is 0 Å². The number of nitrogens with zero attached hydrogens (tertiary/aromatic N) is 1. The molecule has 0 radical (unpaired) electrons. The Kier molecular flexibility index (Phi) is 13.5. The molecular formula is C16H39N3O3. The molecule has 1 fully saturated rings. The minimum absolute atomic E-state index is 0. The number of ether oxygens (including phenoxy) is 2. The highest BCUT2D eigenvalue weighted by Gasteiger charge is 2.21. The average molecular weight is 322 g/mol. The maximum Gasteiger partial charge on any atom is 0.222 e. The Morgan fingerprint density at radius 1 is 1.50 bits per heavy atom. The molecule has 1 rings (SSSR count). The van der Waals surface area contributed by atoms with Crippen LogP contribution in [-0.2, 0) is 14.3 Å². The van der Waals surface area contributed by atoms with Crippen molar-refractivity contribution in [3.63, 3.8) is 0 Å². The van der Waals surface area contributed by atoms with Gasteiger partial charge in [-0.1, -0.05) is 27.7 Å². The summed E-state index contributed by atoms with van der Waals surface area (Å²) in [5, 5.41) is 2.96. The Labute approximate surface area is 138 Å². The smallest absolute Gasteiger partial charge is 0.222 e. The van der Waals surface area contributed by atoms with E-state index < -0.39 is 0 Å². The number of nitrogens with one attached hydrogen (secondary N) is 1. The molecular weight excluding hydrogens is 282 g/mol. The molecule has 6 heteroatoms. The van der Waals surface area contributed by atoms with Crippen molar-refractivity contribution in [2.75, 3.05) is 52.5 Å². The van der Waals surface area contributed by atoms with Crippen molar-refractivity contribution in [1.29, 1.82) is 0 Å². The molecule has 1 saturated heterocycles. The average Bonchev–Trinajstić information content (AvgIpc) is 2.58. The zero-order valence-electron chi connectivity index (χ0n) is 14.8. The lowest BCUT2D eigenvalue weighted by Crippen LogP contribution is -2.48. The van der Waals surface area contributed by atoms with Gasteiger partial charge in [0.2, 0.25) is 5.91 Å². The molecule has 0 bridgehead atoms. The molecule has 1 heterocycles. The summed E-state index contributed by atoms with van der Waals surface area (Å²) in [6.45, 7) is 13.8. The lowest BCUT2D eigenvalue weighted by atomic mass is 10.1. The van der Waals surface area contributed by atoms with Crippen LogP contribution < -0.4 is 11.1 Å². The fourth-order valence-corrected chi connectivity index (χ4v) is 2.06. The predicted molar refractivity (Wildman–Crippen MR) is 94.1 cm³/mol. The summed E-state index contributed by atoms with van der Waals surface area (Å²) >= 11 is 0. The van der Waals surface area contributed by atoms with Gasteiger partial charge in [-0.25, -0.2) is 0 Å². The standard InChI is InChI=1S/C14H29N3O3.C2H6.2H2/c1-3-12(2)14(18)16-10-13-11-17(6-9-20-13)5-8-19-7-4-15;1-2;;/h12-13H,3-11,15H2,1-2H3,(H,16,18);1-2H3;2*1H. The second-order valence-electron chi connectivity index (χ2n) is 5.25. The summed E-state index contributed by atoms with van der Waals surface area (Å²) in [7, 11) is 0. The summed E-state index contributed by atoms with van der Waals surface area (Å²) < 4.78 is 11.1. The van der Waals surface area contributed by atoms with Gasteiger partial charge in [-0.2, -0.15) is 0 Å². The lowest BCUT2D eigenvalue weighted by Gasteiger charge is -2.33. The van der Waals surface area contributed by atoms with Crippen molar-refractivity contribution < 1.29 is 17.1 Å². The molecule has 0 aromatic heterocycles. The van der Waals surface area contributed by atoms with Crippen LogP contribution in [0.1, 0.15) is 37.0 Å². The summed E-state index contributed by atoms with van der Waals surface area (Å²) in [6.07, 6.45) is 0.938. The second-order valence-corrected chi connectivity index (χ2v) is 5.25. The van der Waals surface area contributed by atoms with Crippen molar-refractivity contribution in [1.82, 2.24) is 10.2 Å². The van der Waals surface area contributed by atoms with Gasteiger partial charge < -0.3 is 20.5 Å². The highest BCUT2D eigenvalue weighted by Crippen LogP contribution is 2.05. The molecule has 6 nitrogen and oxygen atoms in total. The van der Waals surface area contributed by atoms with Crippen LogP contribution in [0.3, 0.4) is 0 Å². The Bertz CT molecular complexity index is 287. The maximum absolute atomic E-state index is 11.7. The fourth-order valence-electron chi connectivity index (χ4n) is 2.06. The third-order valence-electron chi connectivity index (χ3n) is 3.60. The van der Waals surface area contributed by atoms with E-state index in [-0.39, 0.29) is 20.8 Å². The minimum Gasteiger partial charge on any atom is -0.379 e. The van der Waals surface area contributed by atoms with Crippen LogP contribution in [0.15, 0.2) is 0 Å². The van der Waals surface area contributed by atoms with E-state index in [1.165, 1.54) is 0 Å². The van der Waals surface area contributed by atoms with Gasteiger partial charge in [0.25, 0.3) is 0 Å². The zero-order valence-corrected chi connectivity index (χ0v) is 14.8. The van der Waals surface area contributed by atoms with Gasteiger partial charge in [-0.05, 0) is 6.42 Å². The number of hydrogen-bond acceptors (Lipinski definition) is 5. The Hall–Kier alpha value is -0.690. The monoisotopic (exact) mass is 321 g/mol. The van der Waals surface area contributed by atoms with E-state index in [0.29, 0.717) is 32.9 Å². The van der Waals surface area contributed by atoms with E-state index in [9.17, 15) is 4.79 Å². The third kappa shape index (κ3) is 9.35. The first-order chi connectivity index (χ1) is 10.7. The van der Waals surface area contributed by atoms with Crippen molar-refractivity contribution in [2.24, 2.45) is 11.7 Å².